The van der Waals surface area contributed by atoms with Crippen LogP contribution in [0.4, 0.5) is 0 Å². The lowest BCUT2D eigenvalue weighted by Gasteiger charge is -2.14. The van der Waals surface area contributed by atoms with Crippen LogP contribution in [0.5, 0.6) is 0 Å². The fraction of sp³-hybridized carbons (Fsp3) is 0.462. The van der Waals surface area contributed by atoms with E-state index in [1.165, 1.54) is 11.8 Å². The van der Waals surface area contributed by atoms with E-state index >= 15 is 0 Å². The summed E-state index contributed by atoms with van der Waals surface area (Å²) in [7, 11) is 0. The second-order valence-electron chi connectivity index (χ2n) is 4.49. The Bertz CT molecular complexity index is 568. The molecule has 0 bridgehead atoms. The molecule has 1 aromatic heterocycles. The summed E-state index contributed by atoms with van der Waals surface area (Å²) in [5, 5.41) is 11.5. The Balaban J connectivity index is 2.95. The average Bonchev–Trinajstić information content (AvgIpc) is 2.32. The van der Waals surface area contributed by atoms with Gasteiger partial charge in [-0.2, -0.15) is 11.8 Å². The van der Waals surface area contributed by atoms with Crippen molar-refractivity contribution in [2.75, 3.05) is 12.0 Å². The molecular formula is C13H18N2O4S. The lowest BCUT2D eigenvalue weighted by molar-refractivity contribution is -0.139. The number of carboxylic acid groups (broad SMARTS) is 1. The van der Waals surface area contributed by atoms with Crippen LogP contribution in [0.1, 0.15) is 28.0 Å². The highest BCUT2D eigenvalue weighted by molar-refractivity contribution is 7.98. The molecule has 0 aliphatic rings. The number of aliphatic carboxylic acids is 1. The third-order valence-electron chi connectivity index (χ3n) is 2.81. The Kier molecular flexibility index (Phi) is 5.82. The minimum Gasteiger partial charge on any atom is -0.480 e. The Morgan fingerprint density at radius 1 is 1.45 bits per heavy atom. The Hall–Kier alpha value is -1.76. The molecule has 1 atom stereocenters. The van der Waals surface area contributed by atoms with Crippen LogP contribution in [-0.4, -0.2) is 40.0 Å². The van der Waals surface area contributed by atoms with E-state index in [4.69, 9.17) is 5.11 Å². The van der Waals surface area contributed by atoms with Gasteiger partial charge in [0.1, 0.15) is 11.6 Å². The molecule has 0 aromatic carbocycles. The minimum absolute atomic E-state index is 0.0361. The van der Waals surface area contributed by atoms with Crippen molar-refractivity contribution >= 4 is 23.6 Å². The summed E-state index contributed by atoms with van der Waals surface area (Å²) in [6.07, 6.45) is 2.17. The predicted octanol–water partition coefficient (Wildman–Crippen LogP) is 0.928. The number of hydrogen-bond donors (Lipinski definition) is 3. The molecule has 3 N–H and O–H groups in total. The van der Waals surface area contributed by atoms with Crippen molar-refractivity contribution < 1.29 is 14.7 Å². The van der Waals surface area contributed by atoms with Crippen LogP contribution in [0.3, 0.4) is 0 Å². The molecule has 7 heteroatoms. The fourth-order valence-corrected chi connectivity index (χ4v) is 2.33. The number of nitrogens with one attached hydrogen (secondary N) is 2. The summed E-state index contributed by atoms with van der Waals surface area (Å²) in [5.41, 5.74) is 0.638. The number of aromatic nitrogens is 1. The van der Waals surface area contributed by atoms with Gasteiger partial charge in [-0.15, -0.1) is 0 Å². The molecule has 0 aliphatic heterocycles. The van der Waals surface area contributed by atoms with E-state index in [0.717, 1.165) is 0 Å². The molecule has 1 heterocycles. The number of rotatable bonds is 6. The molecule has 0 aliphatic carbocycles. The van der Waals surface area contributed by atoms with Gasteiger partial charge in [0.15, 0.2) is 0 Å². The second-order valence-corrected chi connectivity index (χ2v) is 5.47. The van der Waals surface area contributed by atoms with Crippen LogP contribution in [0.15, 0.2) is 10.9 Å². The van der Waals surface area contributed by atoms with Crippen molar-refractivity contribution in [1.29, 1.82) is 0 Å². The average molecular weight is 298 g/mol. The third-order valence-corrected chi connectivity index (χ3v) is 3.45. The number of carbonyl (C=O) groups is 2. The highest BCUT2D eigenvalue weighted by atomic mass is 32.2. The first-order valence-corrected chi connectivity index (χ1v) is 7.49. The number of aryl methyl sites for hydroxylation is 2. The molecule has 6 nitrogen and oxygen atoms in total. The SMILES string of the molecule is CSCC[C@H](NC(=O)c1c(C)cc(C)[nH]c1=O)C(=O)O. The number of thioether (sulfide) groups is 1. The van der Waals surface area contributed by atoms with Crippen LogP contribution in [0, 0.1) is 13.8 Å². The number of hydrogen-bond acceptors (Lipinski definition) is 4. The maximum Gasteiger partial charge on any atom is 0.326 e. The first-order valence-electron chi connectivity index (χ1n) is 6.10. The normalized spacial score (nSPS) is 11.9. The van der Waals surface area contributed by atoms with Crippen molar-refractivity contribution in [2.24, 2.45) is 0 Å². The van der Waals surface area contributed by atoms with Crippen molar-refractivity contribution in [3.63, 3.8) is 0 Å². The van der Waals surface area contributed by atoms with E-state index in [1.807, 2.05) is 6.26 Å². The first kappa shape index (κ1) is 16.3. The van der Waals surface area contributed by atoms with Crippen LogP contribution >= 0.6 is 11.8 Å². The topological polar surface area (TPSA) is 99.3 Å². The van der Waals surface area contributed by atoms with Gasteiger partial charge in [0.05, 0.1) is 0 Å². The Labute approximate surface area is 121 Å². The number of amides is 1. The lowest BCUT2D eigenvalue weighted by atomic mass is 10.1. The van der Waals surface area contributed by atoms with E-state index in [0.29, 0.717) is 23.4 Å². The van der Waals surface area contributed by atoms with E-state index in [2.05, 4.69) is 10.3 Å². The Morgan fingerprint density at radius 3 is 2.60 bits per heavy atom. The smallest absolute Gasteiger partial charge is 0.326 e. The molecule has 1 amide bonds. The zero-order chi connectivity index (χ0) is 15.3. The molecule has 0 fully saturated rings. The lowest BCUT2D eigenvalue weighted by Crippen LogP contribution is -2.43. The van der Waals surface area contributed by atoms with Gasteiger partial charge < -0.3 is 15.4 Å². The van der Waals surface area contributed by atoms with Gasteiger partial charge in [0, 0.05) is 5.69 Å². The molecular weight excluding hydrogens is 280 g/mol. The quantitative estimate of drug-likeness (QED) is 0.725. The largest absolute Gasteiger partial charge is 0.480 e. The van der Waals surface area contributed by atoms with Crippen molar-refractivity contribution in [2.45, 2.75) is 26.3 Å². The Morgan fingerprint density at radius 2 is 2.10 bits per heavy atom. The molecule has 0 unspecified atom stereocenters. The van der Waals surface area contributed by atoms with E-state index in [1.54, 1.807) is 19.9 Å². The molecule has 0 saturated heterocycles. The zero-order valence-electron chi connectivity index (χ0n) is 11.6. The van der Waals surface area contributed by atoms with Gasteiger partial charge in [0.25, 0.3) is 11.5 Å². The van der Waals surface area contributed by atoms with E-state index in [9.17, 15) is 14.4 Å². The number of carbonyl (C=O) groups excluding carboxylic acids is 1. The maximum absolute atomic E-state index is 12.1. The molecule has 0 radical (unpaired) electrons. The standard InChI is InChI=1S/C13H18N2O4S/c1-7-6-8(2)14-11(16)10(7)12(17)15-9(13(18)19)4-5-20-3/h6,9H,4-5H2,1-3H3,(H,14,16)(H,15,17)(H,18,19)/t9-/m0/s1. The number of carboxylic acids is 1. The van der Waals surface area contributed by atoms with Gasteiger partial charge >= 0.3 is 5.97 Å². The highest BCUT2D eigenvalue weighted by Crippen LogP contribution is 2.06. The molecule has 20 heavy (non-hydrogen) atoms. The van der Waals surface area contributed by atoms with Crippen molar-refractivity contribution in [3.05, 3.63) is 33.2 Å². The highest BCUT2D eigenvalue weighted by Gasteiger charge is 2.22. The molecule has 1 aromatic rings. The first-order chi connectivity index (χ1) is 9.36. The van der Waals surface area contributed by atoms with Crippen molar-refractivity contribution in [1.82, 2.24) is 10.3 Å². The number of H-pyrrole nitrogens is 1. The number of pyridine rings is 1. The summed E-state index contributed by atoms with van der Waals surface area (Å²) >= 11 is 1.50. The van der Waals surface area contributed by atoms with Gasteiger partial charge in [0.2, 0.25) is 0 Å². The van der Waals surface area contributed by atoms with Crippen LogP contribution in [0.2, 0.25) is 0 Å². The third kappa shape index (κ3) is 4.12. The van der Waals surface area contributed by atoms with E-state index < -0.39 is 23.5 Å². The van der Waals surface area contributed by atoms with Crippen molar-refractivity contribution in [3.8, 4) is 0 Å². The molecule has 1 rings (SSSR count). The zero-order valence-corrected chi connectivity index (χ0v) is 12.5. The predicted molar refractivity (Wildman–Crippen MR) is 78.4 cm³/mol. The van der Waals surface area contributed by atoms with Crippen LogP contribution in [-0.2, 0) is 4.79 Å². The maximum atomic E-state index is 12.1. The van der Waals surface area contributed by atoms with Gasteiger partial charge in [-0.1, -0.05) is 0 Å². The molecule has 110 valence electrons. The van der Waals surface area contributed by atoms with Gasteiger partial charge in [-0.05, 0) is 43.9 Å². The summed E-state index contributed by atoms with van der Waals surface area (Å²) in [6.45, 7) is 3.36. The fourth-order valence-electron chi connectivity index (χ4n) is 1.86. The number of aromatic amines is 1. The molecule has 0 saturated carbocycles. The summed E-state index contributed by atoms with van der Waals surface area (Å²) in [5.74, 6) is -1.15. The summed E-state index contributed by atoms with van der Waals surface area (Å²) in [6, 6.07) is 0.684. The summed E-state index contributed by atoms with van der Waals surface area (Å²) in [4.78, 5) is 37.5. The monoisotopic (exact) mass is 298 g/mol. The van der Waals surface area contributed by atoms with E-state index in [-0.39, 0.29) is 5.56 Å². The molecule has 0 spiro atoms. The summed E-state index contributed by atoms with van der Waals surface area (Å²) < 4.78 is 0. The van der Waals surface area contributed by atoms with Gasteiger partial charge in [-0.3, -0.25) is 9.59 Å². The second kappa shape index (κ2) is 7.14. The van der Waals surface area contributed by atoms with Crippen LogP contribution < -0.4 is 10.9 Å². The van der Waals surface area contributed by atoms with Gasteiger partial charge in [-0.25, -0.2) is 4.79 Å². The minimum atomic E-state index is -1.10. The van der Waals surface area contributed by atoms with Crippen LogP contribution in [0.25, 0.3) is 0 Å².